The first-order valence-electron chi connectivity index (χ1n) is 8.24. The fourth-order valence-electron chi connectivity index (χ4n) is 2.89. The molecular weight excluding hydrogens is 220 g/mol. The van der Waals surface area contributed by atoms with E-state index in [9.17, 15) is 0 Å². The second kappa shape index (κ2) is 12.0. The number of hydrogen-bond donors (Lipinski definition) is 1. The smallest absolute Gasteiger partial charge is 0.00191 e. The summed E-state index contributed by atoms with van der Waals surface area (Å²) >= 11 is 0. The molecule has 2 fully saturated rings. The van der Waals surface area contributed by atoms with Gasteiger partial charge in [0.2, 0.25) is 0 Å². The van der Waals surface area contributed by atoms with Crippen molar-refractivity contribution in [2.75, 3.05) is 33.2 Å². The number of hydrogen-bond acceptors (Lipinski definition) is 2. The minimum atomic E-state index is 1.03. The number of piperidine rings is 2. The Balaban J connectivity index is 0.000000659. The highest BCUT2D eigenvalue weighted by Gasteiger charge is 2.21. The van der Waals surface area contributed by atoms with Crippen molar-refractivity contribution in [1.29, 1.82) is 0 Å². The lowest BCUT2D eigenvalue weighted by atomic mass is 9.83. The quantitative estimate of drug-likeness (QED) is 0.809. The van der Waals surface area contributed by atoms with Gasteiger partial charge in [0.1, 0.15) is 0 Å². The Labute approximate surface area is 116 Å². The Bertz CT molecular complexity index is 156. The van der Waals surface area contributed by atoms with Gasteiger partial charge in [-0.05, 0) is 77.2 Å². The van der Waals surface area contributed by atoms with Crippen LogP contribution >= 0.6 is 0 Å². The average Bonchev–Trinajstić information content (AvgIpc) is 2.47. The van der Waals surface area contributed by atoms with Gasteiger partial charge in [-0.15, -0.1) is 0 Å². The third kappa shape index (κ3) is 7.38. The molecule has 0 radical (unpaired) electrons. The van der Waals surface area contributed by atoms with Crippen molar-refractivity contribution in [3.63, 3.8) is 0 Å². The predicted molar refractivity (Wildman–Crippen MR) is 83.1 cm³/mol. The summed E-state index contributed by atoms with van der Waals surface area (Å²) in [6.45, 7) is 13.2. The number of rotatable bonds is 2. The molecule has 0 atom stereocenters. The first kappa shape index (κ1) is 17.9. The number of nitrogens with zero attached hydrogens (tertiary/aromatic N) is 1. The molecule has 2 saturated heterocycles. The summed E-state index contributed by atoms with van der Waals surface area (Å²) in [5.74, 6) is 2.07. The van der Waals surface area contributed by atoms with Gasteiger partial charge in [0.05, 0.1) is 0 Å². The van der Waals surface area contributed by atoms with Gasteiger partial charge < -0.3 is 10.2 Å². The van der Waals surface area contributed by atoms with Gasteiger partial charge in [0.25, 0.3) is 0 Å². The van der Waals surface area contributed by atoms with E-state index in [0.29, 0.717) is 0 Å². The highest BCUT2D eigenvalue weighted by molar-refractivity contribution is 4.76. The highest BCUT2D eigenvalue weighted by atomic mass is 15.1. The lowest BCUT2D eigenvalue weighted by Gasteiger charge is -2.32. The Kier molecular flexibility index (Phi) is 11.9. The molecule has 0 unspecified atom stereocenters. The van der Waals surface area contributed by atoms with Crippen LogP contribution in [0.25, 0.3) is 0 Å². The molecule has 110 valence electrons. The van der Waals surface area contributed by atoms with Gasteiger partial charge in [-0.25, -0.2) is 0 Å². The summed E-state index contributed by atoms with van der Waals surface area (Å²) in [6.07, 6.45) is 7.25. The average molecular weight is 256 g/mol. The molecular formula is C16H36N2. The van der Waals surface area contributed by atoms with E-state index in [1.807, 2.05) is 27.7 Å². The third-order valence-electron chi connectivity index (χ3n) is 3.96. The van der Waals surface area contributed by atoms with Crippen molar-refractivity contribution in [1.82, 2.24) is 10.2 Å². The maximum Gasteiger partial charge on any atom is -0.00191 e. The minimum Gasteiger partial charge on any atom is -0.317 e. The summed E-state index contributed by atoms with van der Waals surface area (Å²) in [6, 6.07) is 0. The second-order valence-corrected chi connectivity index (χ2v) is 5.18. The van der Waals surface area contributed by atoms with Crippen molar-refractivity contribution < 1.29 is 0 Å². The molecule has 0 aromatic rings. The van der Waals surface area contributed by atoms with E-state index >= 15 is 0 Å². The molecule has 2 aliphatic heterocycles. The van der Waals surface area contributed by atoms with Crippen LogP contribution in [0.5, 0.6) is 0 Å². The fourth-order valence-corrected chi connectivity index (χ4v) is 2.89. The molecule has 0 spiro atoms. The molecule has 2 heterocycles. The first-order valence-corrected chi connectivity index (χ1v) is 8.24. The molecule has 2 aliphatic rings. The van der Waals surface area contributed by atoms with Gasteiger partial charge in [-0.3, -0.25) is 0 Å². The zero-order chi connectivity index (χ0) is 13.8. The molecule has 0 aliphatic carbocycles. The van der Waals surface area contributed by atoms with E-state index in [1.165, 1.54) is 58.3 Å². The standard InChI is InChI=1S/C12H24N2.2C2H6/c1-14-8-4-12(5-9-14)10-11-2-6-13-7-3-11;2*1-2/h11-13H,2-10H2,1H3;2*1-2H3. The Morgan fingerprint density at radius 3 is 1.78 bits per heavy atom. The molecule has 2 heteroatoms. The summed E-state index contributed by atoms with van der Waals surface area (Å²) in [7, 11) is 2.25. The van der Waals surface area contributed by atoms with E-state index in [0.717, 1.165) is 11.8 Å². The van der Waals surface area contributed by atoms with Gasteiger partial charge >= 0.3 is 0 Å². The van der Waals surface area contributed by atoms with Crippen LogP contribution in [-0.2, 0) is 0 Å². The van der Waals surface area contributed by atoms with Crippen LogP contribution in [-0.4, -0.2) is 38.1 Å². The van der Waals surface area contributed by atoms with Crippen molar-refractivity contribution in [2.24, 2.45) is 11.8 Å². The van der Waals surface area contributed by atoms with Crippen molar-refractivity contribution >= 4 is 0 Å². The minimum absolute atomic E-state index is 1.03. The summed E-state index contributed by atoms with van der Waals surface area (Å²) < 4.78 is 0. The molecule has 2 nitrogen and oxygen atoms in total. The van der Waals surface area contributed by atoms with E-state index in [1.54, 1.807) is 0 Å². The van der Waals surface area contributed by atoms with Crippen molar-refractivity contribution in [2.45, 2.75) is 59.8 Å². The molecule has 0 amide bonds. The zero-order valence-electron chi connectivity index (χ0n) is 13.5. The zero-order valence-corrected chi connectivity index (χ0v) is 13.5. The van der Waals surface area contributed by atoms with Gasteiger partial charge in [0, 0.05) is 0 Å². The summed E-state index contributed by atoms with van der Waals surface area (Å²) in [5.41, 5.74) is 0. The van der Waals surface area contributed by atoms with E-state index < -0.39 is 0 Å². The second-order valence-electron chi connectivity index (χ2n) is 5.18. The van der Waals surface area contributed by atoms with Crippen LogP contribution < -0.4 is 5.32 Å². The van der Waals surface area contributed by atoms with Gasteiger partial charge in [-0.2, -0.15) is 0 Å². The molecule has 2 rings (SSSR count). The van der Waals surface area contributed by atoms with Crippen LogP contribution in [0, 0.1) is 11.8 Å². The Morgan fingerprint density at radius 1 is 0.833 bits per heavy atom. The SMILES string of the molecule is CC.CC.CN1CCC(CC2CCNCC2)CC1. The monoisotopic (exact) mass is 256 g/mol. The Hall–Kier alpha value is -0.0800. The normalized spacial score (nSPS) is 22.5. The summed E-state index contributed by atoms with van der Waals surface area (Å²) in [4.78, 5) is 2.47. The van der Waals surface area contributed by atoms with E-state index in [-0.39, 0.29) is 0 Å². The molecule has 1 N–H and O–H groups in total. The fraction of sp³-hybridized carbons (Fsp3) is 1.00. The van der Waals surface area contributed by atoms with Crippen LogP contribution in [0.3, 0.4) is 0 Å². The van der Waals surface area contributed by atoms with E-state index in [2.05, 4.69) is 17.3 Å². The summed E-state index contributed by atoms with van der Waals surface area (Å²) in [5, 5.41) is 3.45. The van der Waals surface area contributed by atoms with Gasteiger partial charge in [0.15, 0.2) is 0 Å². The molecule has 0 aromatic heterocycles. The van der Waals surface area contributed by atoms with Crippen LogP contribution in [0.15, 0.2) is 0 Å². The highest BCUT2D eigenvalue weighted by Crippen LogP contribution is 2.27. The Morgan fingerprint density at radius 2 is 1.28 bits per heavy atom. The first-order chi connectivity index (χ1) is 8.84. The largest absolute Gasteiger partial charge is 0.317 e. The number of nitrogens with one attached hydrogen (secondary N) is 1. The van der Waals surface area contributed by atoms with Gasteiger partial charge in [-0.1, -0.05) is 27.7 Å². The molecule has 0 aromatic carbocycles. The number of likely N-dealkylation sites (tertiary alicyclic amines) is 1. The van der Waals surface area contributed by atoms with Crippen molar-refractivity contribution in [3.8, 4) is 0 Å². The lowest BCUT2D eigenvalue weighted by Crippen LogP contribution is -2.33. The maximum absolute atomic E-state index is 3.45. The van der Waals surface area contributed by atoms with Crippen LogP contribution in [0.2, 0.25) is 0 Å². The van der Waals surface area contributed by atoms with Crippen LogP contribution in [0.1, 0.15) is 59.8 Å². The van der Waals surface area contributed by atoms with Crippen LogP contribution in [0.4, 0.5) is 0 Å². The molecule has 0 saturated carbocycles. The predicted octanol–water partition coefficient (Wildman–Crippen LogP) is 3.77. The molecule has 0 bridgehead atoms. The maximum atomic E-state index is 3.45. The molecule has 18 heavy (non-hydrogen) atoms. The van der Waals surface area contributed by atoms with E-state index in [4.69, 9.17) is 0 Å². The third-order valence-corrected chi connectivity index (χ3v) is 3.96. The topological polar surface area (TPSA) is 15.3 Å². The lowest BCUT2D eigenvalue weighted by molar-refractivity contribution is 0.184. The van der Waals surface area contributed by atoms with Crippen molar-refractivity contribution in [3.05, 3.63) is 0 Å².